The van der Waals surface area contributed by atoms with Crippen molar-refractivity contribution in [3.63, 3.8) is 0 Å². The van der Waals surface area contributed by atoms with Crippen LogP contribution in [0.1, 0.15) is 30.5 Å². The predicted molar refractivity (Wildman–Crippen MR) is 86.0 cm³/mol. The van der Waals surface area contributed by atoms with Crippen molar-refractivity contribution >= 4 is 0 Å². The van der Waals surface area contributed by atoms with Gasteiger partial charge in [-0.1, -0.05) is 0 Å². The van der Waals surface area contributed by atoms with Crippen molar-refractivity contribution in [2.75, 3.05) is 13.2 Å². The Balaban J connectivity index is 1.44. The molecule has 0 spiro atoms. The summed E-state index contributed by atoms with van der Waals surface area (Å²) in [6.45, 7) is 5.69. The molecule has 2 aromatic heterocycles. The van der Waals surface area contributed by atoms with Crippen LogP contribution in [-0.4, -0.2) is 43.8 Å². The first-order valence-electron chi connectivity index (χ1n) is 8.44. The van der Waals surface area contributed by atoms with Gasteiger partial charge >= 0.3 is 6.01 Å². The highest BCUT2D eigenvalue weighted by Gasteiger charge is 2.31. The van der Waals surface area contributed by atoms with Crippen molar-refractivity contribution < 1.29 is 4.74 Å². The first kappa shape index (κ1) is 14.6. The molecule has 1 aliphatic carbocycles. The van der Waals surface area contributed by atoms with Crippen LogP contribution in [0.4, 0.5) is 0 Å². The van der Waals surface area contributed by atoms with Crippen LogP contribution in [0.3, 0.4) is 0 Å². The number of hydrogen-bond donors (Lipinski definition) is 0. The van der Waals surface area contributed by atoms with Crippen LogP contribution in [-0.2, 0) is 13.1 Å². The van der Waals surface area contributed by atoms with Crippen molar-refractivity contribution in [1.29, 1.82) is 0 Å². The topological polar surface area (TPSA) is 56.1 Å². The number of hydrogen-bond acceptors (Lipinski definition) is 5. The third-order valence-electron chi connectivity index (χ3n) is 4.71. The van der Waals surface area contributed by atoms with E-state index in [1.54, 1.807) is 12.4 Å². The minimum Gasteiger partial charge on any atom is -0.462 e. The molecule has 1 atom stereocenters. The second kappa shape index (κ2) is 6.28. The van der Waals surface area contributed by atoms with Crippen LogP contribution in [0, 0.1) is 12.8 Å². The van der Waals surface area contributed by atoms with Gasteiger partial charge in [0.2, 0.25) is 0 Å². The number of aromatic nitrogens is 4. The standard InChI is InChI=1S/C17H23N5O/c1-13-8-18-17(19-9-13)23-12-16-5-7-22-15(4-6-20-22)11-21(16)10-14-2-3-14/h4,6,8-9,14,16H,2-3,5,7,10-12H2,1H3/t16-/m0/s1. The van der Waals surface area contributed by atoms with Crippen molar-refractivity contribution in [1.82, 2.24) is 24.6 Å². The molecule has 0 amide bonds. The van der Waals surface area contributed by atoms with E-state index in [2.05, 4.69) is 30.7 Å². The molecule has 0 unspecified atom stereocenters. The van der Waals surface area contributed by atoms with Gasteiger partial charge in [-0.15, -0.1) is 0 Å². The minimum absolute atomic E-state index is 0.391. The number of rotatable bonds is 5. The molecule has 4 rings (SSSR count). The first-order chi connectivity index (χ1) is 11.3. The Morgan fingerprint density at radius 2 is 2.04 bits per heavy atom. The molecule has 0 radical (unpaired) electrons. The molecule has 0 bridgehead atoms. The van der Waals surface area contributed by atoms with Gasteiger partial charge in [0.05, 0.1) is 5.69 Å². The normalized spacial score (nSPS) is 21.7. The van der Waals surface area contributed by atoms with Crippen molar-refractivity contribution in [2.24, 2.45) is 5.92 Å². The average molecular weight is 313 g/mol. The van der Waals surface area contributed by atoms with Crippen molar-refractivity contribution in [2.45, 2.75) is 45.3 Å². The molecule has 2 aromatic rings. The number of ether oxygens (including phenoxy) is 1. The monoisotopic (exact) mass is 313 g/mol. The predicted octanol–water partition coefficient (Wildman–Crippen LogP) is 2.04. The van der Waals surface area contributed by atoms with E-state index in [0.29, 0.717) is 18.7 Å². The molecule has 6 nitrogen and oxygen atoms in total. The van der Waals surface area contributed by atoms with Gasteiger partial charge in [0.25, 0.3) is 0 Å². The summed E-state index contributed by atoms with van der Waals surface area (Å²) in [4.78, 5) is 11.1. The average Bonchev–Trinajstić information content (AvgIpc) is 3.30. The van der Waals surface area contributed by atoms with Gasteiger partial charge in [-0.05, 0) is 43.7 Å². The van der Waals surface area contributed by atoms with Crippen LogP contribution in [0.25, 0.3) is 0 Å². The molecule has 122 valence electrons. The lowest BCUT2D eigenvalue weighted by atomic mass is 10.1. The molecule has 1 fully saturated rings. The van der Waals surface area contributed by atoms with Gasteiger partial charge in [-0.2, -0.15) is 5.10 Å². The van der Waals surface area contributed by atoms with Crippen molar-refractivity contribution in [3.8, 4) is 6.01 Å². The Bertz CT molecular complexity index is 649. The Kier molecular flexibility index (Phi) is 3.99. The molecule has 2 aliphatic rings. The second-order valence-electron chi connectivity index (χ2n) is 6.71. The molecule has 23 heavy (non-hydrogen) atoms. The van der Waals surface area contributed by atoms with Gasteiger partial charge < -0.3 is 4.74 Å². The zero-order valence-corrected chi connectivity index (χ0v) is 13.6. The minimum atomic E-state index is 0.391. The fourth-order valence-corrected chi connectivity index (χ4v) is 3.15. The summed E-state index contributed by atoms with van der Waals surface area (Å²) >= 11 is 0. The van der Waals surface area contributed by atoms with E-state index in [0.717, 1.165) is 37.5 Å². The van der Waals surface area contributed by atoms with Crippen LogP contribution >= 0.6 is 0 Å². The van der Waals surface area contributed by atoms with Gasteiger partial charge in [0.15, 0.2) is 0 Å². The van der Waals surface area contributed by atoms with E-state index in [9.17, 15) is 0 Å². The van der Waals surface area contributed by atoms with E-state index in [4.69, 9.17) is 4.74 Å². The third kappa shape index (κ3) is 3.52. The number of nitrogens with zero attached hydrogens (tertiary/aromatic N) is 5. The van der Waals surface area contributed by atoms with Crippen molar-refractivity contribution in [3.05, 3.63) is 35.9 Å². The maximum Gasteiger partial charge on any atom is 0.316 e. The Labute approximate surface area is 136 Å². The van der Waals surface area contributed by atoms with E-state index in [1.807, 2.05) is 13.1 Å². The van der Waals surface area contributed by atoms with Crippen LogP contribution in [0.2, 0.25) is 0 Å². The van der Waals surface area contributed by atoms with Crippen LogP contribution < -0.4 is 4.74 Å². The van der Waals surface area contributed by atoms with Crippen LogP contribution in [0.5, 0.6) is 6.01 Å². The molecule has 0 N–H and O–H groups in total. The molecule has 0 aromatic carbocycles. The number of aryl methyl sites for hydroxylation is 2. The van der Waals surface area contributed by atoms with E-state index >= 15 is 0 Å². The molecule has 6 heteroatoms. The molecular formula is C17H23N5O. The maximum atomic E-state index is 5.87. The molecule has 1 aliphatic heterocycles. The summed E-state index contributed by atoms with van der Waals surface area (Å²) in [5.74, 6) is 0.864. The SMILES string of the molecule is Cc1cnc(OC[C@@H]2CCn3nccc3CN2CC2CC2)nc1. The fraction of sp³-hybridized carbons (Fsp3) is 0.588. The maximum absolute atomic E-state index is 5.87. The smallest absolute Gasteiger partial charge is 0.316 e. The summed E-state index contributed by atoms with van der Waals surface area (Å²) in [6.07, 6.45) is 9.28. The summed E-state index contributed by atoms with van der Waals surface area (Å²) in [5.41, 5.74) is 2.35. The van der Waals surface area contributed by atoms with E-state index in [-0.39, 0.29) is 0 Å². The zero-order chi connectivity index (χ0) is 15.6. The lowest BCUT2D eigenvalue weighted by Gasteiger charge is -2.29. The zero-order valence-electron chi connectivity index (χ0n) is 13.6. The van der Waals surface area contributed by atoms with Gasteiger partial charge in [-0.25, -0.2) is 9.97 Å². The highest BCUT2D eigenvalue weighted by Crippen LogP contribution is 2.32. The lowest BCUT2D eigenvalue weighted by molar-refractivity contribution is 0.115. The van der Waals surface area contributed by atoms with Crippen LogP contribution in [0.15, 0.2) is 24.7 Å². The number of fused-ring (bicyclic) bond motifs is 1. The van der Waals surface area contributed by atoms with Gasteiger partial charge in [0, 0.05) is 44.3 Å². The summed E-state index contributed by atoms with van der Waals surface area (Å²) in [7, 11) is 0. The Hall–Kier alpha value is -1.95. The quantitative estimate of drug-likeness (QED) is 0.845. The lowest BCUT2D eigenvalue weighted by Crippen LogP contribution is -2.39. The summed E-state index contributed by atoms with van der Waals surface area (Å²) in [5, 5.41) is 4.43. The van der Waals surface area contributed by atoms with Gasteiger partial charge in [-0.3, -0.25) is 9.58 Å². The van der Waals surface area contributed by atoms with Gasteiger partial charge in [0.1, 0.15) is 6.61 Å². The van der Waals surface area contributed by atoms with E-state index in [1.165, 1.54) is 18.5 Å². The largest absolute Gasteiger partial charge is 0.462 e. The fourth-order valence-electron chi connectivity index (χ4n) is 3.15. The molecule has 3 heterocycles. The summed E-state index contributed by atoms with van der Waals surface area (Å²) in [6, 6.07) is 3.00. The molecular weight excluding hydrogens is 290 g/mol. The molecule has 1 saturated carbocycles. The first-order valence-corrected chi connectivity index (χ1v) is 8.44. The molecule has 0 saturated heterocycles. The highest BCUT2D eigenvalue weighted by molar-refractivity contribution is 5.05. The Morgan fingerprint density at radius 3 is 2.83 bits per heavy atom. The second-order valence-corrected chi connectivity index (χ2v) is 6.71. The third-order valence-corrected chi connectivity index (χ3v) is 4.71. The highest BCUT2D eigenvalue weighted by atomic mass is 16.5. The summed E-state index contributed by atoms with van der Waals surface area (Å²) < 4.78 is 8.00. The van der Waals surface area contributed by atoms with E-state index < -0.39 is 0 Å². The Morgan fingerprint density at radius 1 is 1.22 bits per heavy atom.